The summed E-state index contributed by atoms with van der Waals surface area (Å²) in [4.78, 5) is 24.1. The Kier molecular flexibility index (Phi) is 12.2. The van der Waals surface area contributed by atoms with Crippen LogP contribution >= 0.6 is 7.26 Å². The third kappa shape index (κ3) is 8.36. The van der Waals surface area contributed by atoms with E-state index in [1.165, 1.54) is 95.2 Å². The first kappa shape index (κ1) is 32.5. The first-order valence-corrected chi connectivity index (χ1v) is 18.6. The molecule has 7 heteroatoms. The predicted molar refractivity (Wildman–Crippen MR) is 162 cm³/mol. The van der Waals surface area contributed by atoms with Gasteiger partial charge in [0.15, 0.2) is 0 Å². The molecule has 0 radical (unpaired) electrons. The Morgan fingerprint density at radius 2 is 1.34 bits per heavy atom. The summed E-state index contributed by atoms with van der Waals surface area (Å²) >= 11 is 0. The van der Waals surface area contributed by atoms with E-state index in [4.69, 9.17) is 0 Å². The quantitative estimate of drug-likeness (QED) is 0.115. The Morgan fingerprint density at radius 1 is 0.829 bits per heavy atom. The van der Waals surface area contributed by atoms with Gasteiger partial charge in [0.2, 0.25) is 0 Å². The van der Waals surface area contributed by atoms with E-state index >= 15 is 0 Å². The summed E-state index contributed by atoms with van der Waals surface area (Å²) < 4.78 is 41.5. The predicted octanol–water partition coefficient (Wildman–Crippen LogP) is 9.88. The van der Waals surface area contributed by atoms with Gasteiger partial charge in [-0.3, -0.25) is 4.79 Å². The number of esters is 1. The van der Waals surface area contributed by atoms with Gasteiger partial charge in [-0.05, 0) is 114 Å². The minimum Gasteiger partial charge on any atom is -0.459 e. The van der Waals surface area contributed by atoms with Gasteiger partial charge in [0.25, 0.3) is 0 Å². The number of unbranched alkanes of at least 4 members (excludes halogenated alkanes) is 1. The van der Waals surface area contributed by atoms with Crippen LogP contribution in [0, 0.1) is 5.92 Å². The Morgan fingerprint density at radius 3 is 1.83 bits per heavy atom. The van der Waals surface area contributed by atoms with E-state index in [0.717, 1.165) is 29.8 Å². The monoisotopic (exact) mass is 595 g/mol. The molecule has 0 spiro atoms. The van der Waals surface area contributed by atoms with Crippen LogP contribution in [0.15, 0.2) is 30.3 Å². The molecule has 3 nitrogen and oxygen atoms in total. The van der Waals surface area contributed by atoms with Crippen molar-refractivity contribution in [3.05, 3.63) is 35.9 Å². The van der Waals surface area contributed by atoms with Crippen LogP contribution in [-0.2, 0) is 14.3 Å². The average molecular weight is 596 g/mol. The standard InChI is InChI=1S/C34H51F3O3P/c1-26(32(38)23-13-24-40-33(39)34(35,36)37)31(27-14-3-2-4-15-27)22-11-12-25-41(28-16-5-6-17-28,29-18-7-8-19-29)30-20-9-10-21-30/h2-4,14-15,26,28-31H,5-13,16-25H2,1H3/q+1. The molecule has 3 saturated carbocycles. The van der Waals surface area contributed by atoms with Gasteiger partial charge < -0.3 is 4.74 Å². The molecule has 0 aliphatic heterocycles. The van der Waals surface area contributed by atoms with Crippen LogP contribution in [0.25, 0.3) is 0 Å². The molecule has 0 saturated heterocycles. The number of benzene rings is 1. The summed E-state index contributed by atoms with van der Waals surface area (Å²) in [6, 6.07) is 10.2. The lowest BCUT2D eigenvalue weighted by Crippen LogP contribution is -2.31. The Hall–Kier alpha value is -1.42. The van der Waals surface area contributed by atoms with E-state index in [1.54, 1.807) is 0 Å². The summed E-state index contributed by atoms with van der Waals surface area (Å²) in [7, 11) is -1.04. The van der Waals surface area contributed by atoms with Gasteiger partial charge >= 0.3 is 12.1 Å². The number of hydrogen-bond donors (Lipinski definition) is 0. The number of alkyl halides is 3. The molecule has 1 aromatic rings. The van der Waals surface area contributed by atoms with Crippen molar-refractivity contribution >= 4 is 19.0 Å². The lowest BCUT2D eigenvalue weighted by Gasteiger charge is -2.43. The molecule has 3 aliphatic rings. The zero-order chi connectivity index (χ0) is 29.3. The molecular weight excluding hydrogens is 544 g/mol. The Balaban J connectivity index is 1.38. The molecule has 4 rings (SSSR count). The van der Waals surface area contributed by atoms with Crippen LogP contribution in [0.1, 0.15) is 128 Å². The van der Waals surface area contributed by atoms with Gasteiger partial charge in [-0.2, -0.15) is 13.2 Å². The fourth-order valence-electron chi connectivity index (χ4n) is 8.70. The van der Waals surface area contributed by atoms with Crippen molar-refractivity contribution in [2.75, 3.05) is 12.8 Å². The van der Waals surface area contributed by atoms with Gasteiger partial charge in [0.05, 0.1) is 29.7 Å². The van der Waals surface area contributed by atoms with Crippen molar-refractivity contribution in [1.82, 2.24) is 0 Å². The minimum absolute atomic E-state index is 0.0339. The van der Waals surface area contributed by atoms with Crippen LogP contribution in [-0.4, -0.2) is 47.7 Å². The molecule has 0 heterocycles. The highest BCUT2D eigenvalue weighted by molar-refractivity contribution is 7.77. The number of ketones is 1. The average Bonchev–Trinajstić information content (AvgIpc) is 3.77. The van der Waals surface area contributed by atoms with Gasteiger partial charge in [-0.15, -0.1) is 0 Å². The third-order valence-corrected chi connectivity index (χ3v) is 17.4. The van der Waals surface area contributed by atoms with Crippen molar-refractivity contribution in [2.45, 2.75) is 145 Å². The van der Waals surface area contributed by atoms with Gasteiger partial charge in [-0.1, -0.05) is 37.3 Å². The second-order valence-corrected chi connectivity index (χ2v) is 17.7. The number of Topliss-reactive ketones (excluding diaryl/α,β-unsaturated/α-hetero) is 1. The SMILES string of the molecule is CC(C(=O)CCCOC(=O)C(F)(F)F)C(CCCC[P+](C1CCCC1)(C1CCCC1)C1CCCC1)c1ccccc1. The molecule has 3 aliphatic carbocycles. The van der Waals surface area contributed by atoms with E-state index in [2.05, 4.69) is 16.9 Å². The maximum Gasteiger partial charge on any atom is 0.490 e. The number of rotatable bonds is 15. The molecule has 0 N–H and O–H groups in total. The molecule has 0 aromatic heterocycles. The molecule has 3 fully saturated rings. The lowest BCUT2D eigenvalue weighted by molar-refractivity contribution is -0.199. The van der Waals surface area contributed by atoms with E-state index in [1.807, 2.05) is 25.1 Å². The van der Waals surface area contributed by atoms with Crippen LogP contribution in [0.5, 0.6) is 0 Å². The second-order valence-electron chi connectivity index (χ2n) is 13.0. The maximum atomic E-state index is 13.2. The fraction of sp³-hybridized carbons (Fsp3) is 0.765. The van der Waals surface area contributed by atoms with Crippen LogP contribution < -0.4 is 0 Å². The van der Waals surface area contributed by atoms with Crippen molar-refractivity contribution in [3.63, 3.8) is 0 Å². The second kappa shape index (κ2) is 15.3. The van der Waals surface area contributed by atoms with E-state index < -0.39 is 19.4 Å². The largest absolute Gasteiger partial charge is 0.490 e. The highest BCUT2D eigenvalue weighted by atomic mass is 31.2. The maximum absolute atomic E-state index is 13.2. The van der Waals surface area contributed by atoms with E-state index in [9.17, 15) is 22.8 Å². The fourth-order valence-corrected chi connectivity index (χ4v) is 16.3. The number of halogens is 3. The molecule has 0 bridgehead atoms. The third-order valence-electron chi connectivity index (χ3n) is 10.7. The van der Waals surface area contributed by atoms with Gasteiger partial charge in [-0.25, -0.2) is 4.79 Å². The Labute approximate surface area is 246 Å². The molecular formula is C34H51F3O3P+. The van der Waals surface area contributed by atoms with Crippen molar-refractivity contribution in [1.29, 1.82) is 0 Å². The lowest BCUT2D eigenvalue weighted by atomic mass is 9.80. The highest BCUT2D eigenvalue weighted by Gasteiger charge is 2.57. The van der Waals surface area contributed by atoms with Crippen molar-refractivity contribution in [3.8, 4) is 0 Å². The normalized spacial score (nSPS) is 20.9. The summed E-state index contributed by atoms with van der Waals surface area (Å²) in [6.45, 7) is 1.58. The van der Waals surface area contributed by atoms with Gasteiger partial charge in [0.1, 0.15) is 5.78 Å². The van der Waals surface area contributed by atoms with Gasteiger partial charge in [0, 0.05) is 19.6 Å². The summed E-state index contributed by atoms with van der Waals surface area (Å²) in [5.74, 6) is -2.29. The van der Waals surface area contributed by atoms with E-state index in [0.29, 0.717) is 0 Å². The first-order valence-electron chi connectivity index (χ1n) is 16.4. The molecule has 1 aromatic carbocycles. The molecule has 2 atom stereocenters. The minimum atomic E-state index is -5.00. The first-order chi connectivity index (χ1) is 19.7. The Bertz CT molecular complexity index is 907. The highest BCUT2D eigenvalue weighted by Crippen LogP contribution is 2.78. The van der Waals surface area contributed by atoms with E-state index in [-0.39, 0.29) is 37.1 Å². The molecule has 41 heavy (non-hydrogen) atoms. The molecule has 2 unspecified atom stereocenters. The number of ether oxygens (including phenoxy) is 1. The van der Waals surface area contributed by atoms with Crippen molar-refractivity contribution < 1.29 is 27.5 Å². The van der Waals surface area contributed by atoms with Crippen LogP contribution in [0.3, 0.4) is 0 Å². The molecule has 230 valence electrons. The summed E-state index contributed by atoms with van der Waals surface area (Å²) in [6.07, 6.45) is 17.4. The zero-order valence-corrected chi connectivity index (χ0v) is 25.9. The number of carbonyl (C=O) groups excluding carboxylic acids is 2. The topological polar surface area (TPSA) is 43.4 Å². The number of hydrogen-bond acceptors (Lipinski definition) is 3. The zero-order valence-electron chi connectivity index (χ0n) is 25.0. The van der Waals surface area contributed by atoms with Crippen LogP contribution in [0.2, 0.25) is 0 Å². The number of carbonyl (C=O) groups is 2. The molecule has 0 amide bonds. The van der Waals surface area contributed by atoms with Crippen molar-refractivity contribution in [2.24, 2.45) is 5.92 Å². The summed E-state index contributed by atoms with van der Waals surface area (Å²) in [5.41, 5.74) is 4.18. The smallest absolute Gasteiger partial charge is 0.459 e. The van der Waals surface area contributed by atoms with Crippen LogP contribution in [0.4, 0.5) is 13.2 Å². The summed E-state index contributed by atoms with van der Waals surface area (Å²) in [5, 5.41) is 0.